The summed E-state index contributed by atoms with van der Waals surface area (Å²) in [7, 11) is 0. The summed E-state index contributed by atoms with van der Waals surface area (Å²) in [6.07, 6.45) is 75.1. The third kappa shape index (κ3) is 54.7. The molecule has 1 heterocycles. The van der Waals surface area contributed by atoms with Gasteiger partial charge in [0.15, 0.2) is 6.29 Å². The first-order valence-corrected chi connectivity index (χ1v) is 38.6. The molecule has 7 unspecified atom stereocenters. The van der Waals surface area contributed by atoms with Crippen LogP contribution in [0.25, 0.3) is 0 Å². The number of hydrogen-bond donors (Lipinski definition) is 6. The highest BCUT2D eigenvalue weighted by Crippen LogP contribution is 2.24. The quantitative estimate of drug-likeness (QED) is 0.0195. The predicted molar refractivity (Wildman–Crippen MR) is 371 cm³/mol. The van der Waals surface area contributed by atoms with Crippen LogP contribution in [-0.4, -0.2) is 100 Å². The number of hydrogen-bond acceptors (Lipinski definition) is 10. The number of amides is 1. The molecular formula is C77H147NO10. The zero-order valence-electron chi connectivity index (χ0n) is 58.0. The maximum atomic E-state index is 13.0. The van der Waals surface area contributed by atoms with E-state index in [0.717, 1.165) is 51.4 Å². The first-order valence-electron chi connectivity index (χ1n) is 38.6. The van der Waals surface area contributed by atoms with Crippen LogP contribution >= 0.6 is 0 Å². The van der Waals surface area contributed by atoms with Crippen LogP contribution < -0.4 is 5.32 Å². The van der Waals surface area contributed by atoms with E-state index in [0.29, 0.717) is 19.4 Å². The molecule has 1 amide bonds. The molecule has 11 nitrogen and oxygen atoms in total. The zero-order chi connectivity index (χ0) is 63.7. The summed E-state index contributed by atoms with van der Waals surface area (Å²) in [6.45, 7) is 4.35. The van der Waals surface area contributed by atoms with E-state index in [1.165, 1.54) is 315 Å². The SMILES string of the molecule is CCCCCCC/C=C/CC/C=C/C(O)C(COC1OC(CO)C(O)C(O)C1O)NC(=O)CCCCCCCCCCCCCCCCCCCCCCCCCCCCCCCCCCCCCCCOC(=O)CCCCCCCCCCCCCC. The van der Waals surface area contributed by atoms with Crippen molar-refractivity contribution in [3.8, 4) is 0 Å². The highest BCUT2D eigenvalue weighted by atomic mass is 16.7. The van der Waals surface area contributed by atoms with Gasteiger partial charge in [-0.3, -0.25) is 9.59 Å². The maximum Gasteiger partial charge on any atom is 0.305 e. The number of carbonyl (C=O) groups is 2. The van der Waals surface area contributed by atoms with Crippen molar-refractivity contribution in [3.05, 3.63) is 24.3 Å². The highest BCUT2D eigenvalue weighted by Gasteiger charge is 2.44. The fourth-order valence-electron chi connectivity index (χ4n) is 12.5. The molecule has 11 heteroatoms. The summed E-state index contributed by atoms with van der Waals surface area (Å²) in [5, 5.41) is 54.4. The second kappa shape index (κ2) is 66.6. The number of aliphatic hydroxyl groups is 5. The molecule has 0 aliphatic carbocycles. The molecule has 1 rings (SSSR count). The van der Waals surface area contributed by atoms with Crippen LogP contribution in [0, 0.1) is 0 Å². The normalized spacial score (nSPS) is 17.8. The molecule has 1 aliphatic heterocycles. The fraction of sp³-hybridized carbons (Fsp3) is 0.922. The Labute approximate surface area is 543 Å². The molecule has 0 radical (unpaired) electrons. The topological polar surface area (TPSA) is 175 Å². The van der Waals surface area contributed by atoms with Crippen LogP contribution in [0.4, 0.5) is 0 Å². The van der Waals surface area contributed by atoms with Crippen molar-refractivity contribution < 1.29 is 49.3 Å². The van der Waals surface area contributed by atoms with Gasteiger partial charge >= 0.3 is 5.97 Å². The minimum absolute atomic E-state index is 0.0184. The Morgan fingerprint density at radius 3 is 1.12 bits per heavy atom. The minimum Gasteiger partial charge on any atom is -0.466 e. The Morgan fingerprint density at radius 2 is 0.739 bits per heavy atom. The summed E-state index contributed by atoms with van der Waals surface area (Å²) in [5.74, 6) is -0.167. The molecule has 0 saturated carbocycles. The molecule has 1 aliphatic rings. The van der Waals surface area contributed by atoms with Gasteiger partial charge < -0.3 is 45.1 Å². The van der Waals surface area contributed by atoms with Crippen molar-refractivity contribution in [3.63, 3.8) is 0 Å². The summed E-state index contributed by atoms with van der Waals surface area (Å²) in [5.41, 5.74) is 0. The van der Waals surface area contributed by atoms with E-state index in [1.807, 2.05) is 6.08 Å². The lowest BCUT2D eigenvalue weighted by atomic mass is 9.99. The number of aliphatic hydroxyl groups excluding tert-OH is 5. The second-order valence-electron chi connectivity index (χ2n) is 27.1. The van der Waals surface area contributed by atoms with Gasteiger partial charge in [0.25, 0.3) is 0 Å². The number of ether oxygens (including phenoxy) is 3. The Bertz CT molecular complexity index is 1510. The van der Waals surface area contributed by atoms with E-state index >= 15 is 0 Å². The lowest BCUT2D eigenvalue weighted by Gasteiger charge is -2.40. The largest absolute Gasteiger partial charge is 0.466 e. The molecule has 6 N–H and O–H groups in total. The molecule has 88 heavy (non-hydrogen) atoms. The number of nitrogens with one attached hydrogen (secondary N) is 1. The Balaban J connectivity index is 1.88. The molecule has 1 fully saturated rings. The third-order valence-corrected chi connectivity index (χ3v) is 18.6. The number of carbonyl (C=O) groups excluding carboxylic acids is 2. The van der Waals surface area contributed by atoms with Crippen molar-refractivity contribution in [2.75, 3.05) is 19.8 Å². The average molecular weight is 1250 g/mol. The van der Waals surface area contributed by atoms with Crippen molar-refractivity contribution in [1.29, 1.82) is 0 Å². The van der Waals surface area contributed by atoms with Crippen LogP contribution in [0.5, 0.6) is 0 Å². The monoisotopic (exact) mass is 1250 g/mol. The smallest absolute Gasteiger partial charge is 0.305 e. The van der Waals surface area contributed by atoms with Gasteiger partial charge in [0.05, 0.1) is 32.0 Å². The van der Waals surface area contributed by atoms with Gasteiger partial charge in [0.2, 0.25) is 5.91 Å². The van der Waals surface area contributed by atoms with Gasteiger partial charge in [0, 0.05) is 12.8 Å². The summed E-state index contributed by atoms with van der Waals surface area (Å²) < 4.78 is 16.7. The molecule has 0 spiro atoms. The van der Waals surface area contributed by atoms with Crippen LogP contribution in [-0.2, 0) is 23.8 Å². The van der Waals surface area contributed by atoms with Gasteiger partial charge in [-0.1, -0.05) is 359 Å². The van der Waals surface area contributed by atoms with E-state index in [4.69, 9.17) is 14.2 Å². The van der Waals surface area contributed by atoms with Crippen LogP contribution in [0.1, 0.15) is 393 Å². The predicted octanol–water partition coefficient (Wildman–Crippen LogP) is 20.4. The first-order chi connectivity index (χ1) is 43.2. The minimum atomic E-state index is -1.57. The number of rotatable bonds is 69. The standard InChI is InChI=1S/C77H147NO10/c1-3-5-7-9-11-13-15-45-49-53-57-61-65-73(82)86-66-62-58-54-50-46-42-40-38-36-34-32-30-28-26-24-22-20-18-16-17-19-21-23-25-27-29-31-33-35-37-39-41-44-48-52-56-60-64-72(81)78-69(68-87-77-76(85)75(84)74(83)71(67-79)88-77)70(80)63-59-55-51-47-43-14-12-10-8-6-4-2/h43,47,59,63,69-71,74-77,79-80,83-85H,3-42,44-46,48-58,60-62,64-68H2,1-2H3,(H,78,81)/b47-43+,63-59+. The van der Waals surface area contributed by atoms with E-state index in [2.05, 4.69) is 31.3 Å². The first kappa shape index (κ1) is 84.2. The third-order valence-electron chi connectivity index (χ3n) is 18.6. The summed E-state index contributed by atoms with van der Waals surface area (Å²) in [4.78, 5) is 25.1. The summed E-state index contributed by atoms with van der Waals surface area (Å²) >= 11 is 0. The lowest BCUT2D eigenvalue weighted by Crippen LogP contribution is -2.60. The molecule has 1 saturated heterocycles. The van der Waals surface area contributed by atoms with E-state index < -0.39 is 49.5 Å². The van der Waals surface area contributed by atoms with E-state index in [9.17, 15) is 35.1 Å². The Morgan fingerprint density at radius 1 is 0.409 bits per heavy atom. The molecule has 0 aromatic heterocycles. The Hall–Kier alpha value is -1.86. The number of allylic oxidation sites excluding steroid dienone is 3. The lowest BCUT2D eigenvalue weighted by molar-refractivity contribution is -0.302. The fourth-order valence-corrected chi connectivity index (χ4v) is 12.5. The van der Waals surface area contributed by atoms with Gasteiger partial charge in [0.1, 0.15) is 24.4 Å². The summed E-state index contributed by atoms with van der Waals surface area (Å²) in [6, 6.07) is -0.822. The van der Waals surface area contributed by atoms with Crippen molar-refractivity contribution in [1.82, 2.24) is 5.32 Å². The molecule has 0 aromatic rings. The van der Waals surface area contributed by atoms with Crippen LogP contribution in [0.15, 0.2) is 24.3 Å². The number of unbranched alkanes of at least 4 members (excludes halogenated alkanes) is 53. The second-order valence-corrected chi connectivity index (χ2v) is 27.1. The highest BCUT2D eigenvalue weighted by molar-refractivity contribution is 5.76. The number of esters is 1. The van der Waals surface area contributed by atoms with Gasteiger partial charge in [-0.05, 0) is 44.9 Å². The van der Waals surface area contributed by atoms with Crippen molar-refractivity contribution in [2.45, 2.75) is 436 Å². The van der Waals surface area contributed by atoms with Gasteiger partial charge in [-0.2, -0.15) is 0 Å². The van der Waals surface area contributed by atoms with Gasteiger partial charge in [-0.25, -0.2) is 0 Å². The Kier molecular flexibility index (Phi) is 63.7. The average Bonchev–Trinajstić information content (AvgIpc) is 2.02. The molecule has 0 bridgehead atoms. The van der Waals surface area contributed by atoms with E-state index in [1.54, 1.807) is 6.08 Å². The van der Waals surface area contributed by atoms with Crippen molar-refractivity contribution >= 4 is 11.9 Å². The van der Waals surface area contributed by atoms with Gasteiger partial charge in [-0.15, -0.1) is 0 Å². The van der Waals surface area contributed by atoms with Crippen LogP contribution in [0.2, 0.25) is 0 Å². The maximum absolute atomic E-state index is 13.0. The van der Waals surface area contributed by atoms with Crippen molar-refractivity contribution in [2.24, 2.45) is 0 Å². The zero-order valence-corrected chi connectivity index (χ0v) is 58.0. The molecular weight excluding hydrogens is 1100 g/mol. The molecule has 7 atom stereocenters. The molecule has 520 valence electrons. The van der Waals surface area contributed by atoms with E-state index in [-0.39, 0.29) is 18.5 Å². The van der Waals surface area contributed by atoms with Crippen LogP contribution in [0.3, 0.4) is 0 Å². The molecule has 0 aromatic carbocycles.